The summed E-state index contributed by atoms with van der Waals surface area (Å²) in [5.41, 5.74) is 6.87. The molecule has 17 heavy (non-hydrogen) atoms. The number of rotatable bonds is 1. The Morgan fingerprint density at radius 2 is 2.35 bits per heavy atom. The molecule has 3 heterocycles. The van der Waals surface area contributed by atoms with Crippen LogP contribution in [-0.4, -0.2) is 27.6 Å². The molecule has 1 fully saturated rings. The summed E-state index contributed by atoms with van der Waals surface area (Å²) in [5, 5.41) is 4.41. The minimum atomic E-state index is 0.476. The van der Waals surface area contributed by atoms with Crippen LogP contribution in [0.15, 0.2) is 12.5 Å². The van der Waals surface area contributed by atoms with E-state index < -0.39 is 0 Å². The van der Waals surface area contributed by atoms with Crippen LogP contribution in [0.25, 0.3) is 11.0 Å². The third-order valence-corrected chi connectivity index (χ3v) is 4.07. The lowest BCUT2D eigenvalue weighted by Gasteiger charge is -2.24. The number of fused-ring (bicyclic) bond motifs is 1. The van der Waals surface area contributed by atoms with Crippen LogP contribution in [0.4, 0.5) is 5.82 Å². The summed E-state index contributed by atoms with van der Waals surface area (Å²) in [4.78, 5) is 8.44. The van der Waals surface area contributed by atoms with Crippen molar-refractivity contribution >= 4 is 39.4 Å². The molecule has 0 saturated carbocycles. The maximum absolute atomic E-state index is 5.92. The van der Waals surface area contributed by atoms with Crippen molar-refractivity contribution in [3.05, 3.63) is 16.1 Å². The summed E-state index contributed by atoms with van der Waals surface area (Å²) in [6, 6.07) is 0.476. The van der Waals surface area contributed by atoms with E-state index in [1.807, 2.05) is 0 Å². The van der Waals surface area contributed by atoms with E-state index in [2.05, 4.69) is 48.6 Å². The SMILES string of the molecule is Nc1ncnc2c1c(I)cn2[C@@H]1CCCNC1. The molecule has 2 aromatic rings. The molecule has 90 valence electrons. The van der Waals surface area contributed by atoms with Gasteiger partial charge in [0.1, 0.15) is 17.8 Å². The van der Waals surface area contributed by atoms with Gasteiger partial charge in [0.2, 0.25) is 0 Å². The van der Waals surface area contributed by atoms with Crippen LogP contribution in [0.5, 0.6) is 0 Å². The molecule has 0 unspecified atom stereocenters. The van der Waals surface area contributed by atoms with E-state index in [4.69, 9.17) is 5.73 Å². The Balaban J connectivity index is 2.13. The predicted octanol–water partition coefficient (Wildman–Crippen LogP) is 1.54. The first-order valence-corrected chi connectivity index (χ1v) is 6.82. The molecule has 0 spiro atoms. The van der Waals surface area contributed by atoms with Gasteiger partial charge < -0.3 is 15.6 Å². The summed E-state index contributed by atoms with van der Waals surface area (Å²) >= 11 is 2.30. The average Bonchev–Trinajstić information content (AvgIpc) is 2.69. The second-order valence-corrected chi connectivity index (χ2v) is 5.50. The van der Waals surface area contributed by atoms with E-state index in [1.165, 1.54) is 12.8 Å². The Morgan fingerprint density at radius 1 is 1.47 bits per heavy atom. The fourth-order valence-corrected chi connectivity index (χ4v) is 3.23. The van der Waals surface area contributed by atoms with Gasteiger partial charge in [-0.1, -0.05) is 0 Å². The zero-order valence-corrected chi connectivity index (χ0v) is 11.5. The predicted molar refractivity (Wildman–Crippen MR) is 75.8 cm³/mol. The molecule has 6 heteroatoms. The number of halogens is 1. The Bertz CT molecular complexity index is 544. The molecule has 3 N–H and O–H groups in total. The van der Waals surface area contributed by atoms with Crippen molar-refractivity contribution in [3.63, 3.8) is 0 Å². The van der Waals surface area contributed by atoms with Crippen molar-refractivity contribution in [3.8, 4) is 0 Å². The summed E-state index contributed by atoms with van der Waals surface area (Å²) in [6.45, 7) is 2.12. The highest BCUT2D eigenvalue weighted by molar-refractivity contribution is 14.1. The Hall–Kier alpha value is -0.890. The first-order chi connectivity index (χ1) is 8.27. The molecule has 1 saturated heterocycles. The van der Waals surface area contributed by atoms with E-state index in [-0.39, 0.29) is 0 Å². The number of hydrogen-bond acceptors (Lipinski definition) is 4. The summed E-state index contributed by atoms with van der Waals surface area (Å²) < 4.78 is 3.36. The van der Waals surface area contributed by atoms with Crippen LogP contribution in [0.1, 0.15) is 18.9 Å². The lowest BCUT2D eigenvalue weighted by molar-refractivity contribution is 0.378. The van der Waals surface area contributed by atoms with Gasteiger partial charge in [0.15, 0.2) is 0 Å². The van der Waals surface area contributed by atoms with Crippen LogP contribution in [-0.2, 0) is 0 Å². The number of nitrogens with one attached hydrogen (secondary N) is 1. The van der Waals surface area contributed by atoms with Gasteiger partial charge in [-0.3, -0.25) is 0 Å². The van der Waals surface area contributed by atoms with Crippen molar-refractivity contribution in [2.24, 2.45) is 0 Å². The number of hydrogen-bond donors (Lipinski definition) is 2. The largest absolute Gasteiger partial charge is 0.383 e. The quantitative estimate of drug-likeness (QED) is 0.771. The van der Waals surface area contributed by atoms with Gasteiger partial charge in [-0.15, -0.1) is 0 Å². The molecular weight excluding hydrogens is 329 g/mol. The zero-order chi connectivity index (χ0) is 11.8. The highest BCUT2D eigenvalue weighted by Gasteiger charge is 2.19. The van der Waals surface area contributed by atoms with Gasteiger partial charge in [-0.2, -0.15) is 0 Å². The lowest BCUT2D eigenvalue weighted by atomic mass is 10.1. The molecule has 0 bridgehead atoms. The zero-order valence-electron chi connectivity index (χ0n) is 9.36. The van der Waals surface area contributed by atoms with E-state index in [9.17, 15) is 0 Å². The van der Waals surface area contributed by atoms with Gasteiger partial charge in [0, 0.05) is 22.4 Å². The first kappa shape index (κ1) is 11.2. The van der Waals surface area contributed by atoms with Gasteiger partial charge in [0.25, 0.3) is 0 Å². The summed E-state index contributed by atoms with van der Waals surface area (Å²) in [6.07, 6.45) is 6.08. The van der Waals surface area contributed by atoms with Gasteiger partial charge in [-0.25, -0.2) is 9.97 Å². The summed E-state index contributed by atoms with van der Waals surface area (Å²) in [7, 11) is 0. The first-order valence-electron chi connectivity index (χ1n) is 5.74. The minimum absolute atomic E-state index is 0.476. The Morgan fingerprint density at radius 3 is 3.12 bits per heavy atom. The molecule has 0 aliphatic carbocycles. The van der Waals surface area contributed by atoms with Crippen molar-refractivity contribution in [1.29, 1.82) is 0 Å². The molecule has 3 rings (SSSR count). The fourth-order valence-electron chi connectivity index (χ4n) is 2.41. The lowest BCUT2D eigenvalue weighted by Crippen LogP contribution is -2.31. The smallest absolute Gasteiger partial charge is 0.146 e. The molecule has 1 aliphatic heterocycles. The molecule has 1 atom stereocenters. The number of anilines is 1. The van der Waals surface area contributed by atoms with E-state index in [0.29, 0.717) is 11.9 Å². The van der Waals surface area contributed by atoms with Gasteiger partial charge in [-0.05, 0) is 42.0 Å². The van der Waals surface area contributed by atoms with Crippen molar-refractivity contribution in [2.45, 2.75) is 18.9 Å². The van der Waals surface area contributed by atoms with E-state index in [0.717, 1.165) is 27.7 Å². The maximum Gasteiger partial charge on any atom is 0.146 e. The third-order valence-electron chi connectivity index (χ3n) is 3.26. The summed E-state index contributed by atoms with van der Waals surface area (Å²) in [5.74, 6) is 0.571. The number of nitrogen functional groups attached to an aromatic ring is 1. The second kappa shape index (κ2) is 4.41. The topological polar surface area (TPSA) is 68.8 Å². The monoisotopic (exact) mass is 343 g/mol. The molecular formula is C11H14IN5. The molecule has 0 aromatic carbocycles. The van der Waals surface area contributed by atoms with Crippen LogP contribution < -0.4 is 11.1 Å². The number of piperidine rings is 1. The van der Waals surface area contributed by atoms with Crippen LogP contribution in [0, 0.1) is 3.57 Å². The standard InChI is InChI=1S/C11H14IN5/c12-8-5-17(7-2-1-3-14-4-7)11-9(8)10(13)15-6-16-11/h5-7,14H,1-4H2,(H2,13,15,16)/t7-/m1/s1. The normalized spacial score (nSPS) is 20.9. The average molecular weight is 343 g/mol. The van der Waals surface area contributed by atoms with E-state index >= 15 is 0 Å². The van der Waals surface area contributed by atoms with Crippen LogP contribution in [0.2, 0.25) is 0 Å². The van der Waals surface area contributed by atoms with Crippen molar-refractivity contribution < 1.29 is 0 Å². The fraction of sp³-hybridized carbons (Fsp3) is 0.455. The molecule has 0 amide bonds. The van der Waals surface area contributed by atoms with E-state index in [1.54, 1.807) is 6.33 Å². The number of nitrogens with zero attached hydrogens (tertiary/aromatic N) is 3. The Kier molecular flexibility index (Phi) is 2.91. The minimum Gasteiger partial charge on any atom is -0.383 e. The molecule has 1 aliphatic rings. The number of nitrogens with two attached hydrogens (primary N) is 1. The highest BCUT2D eigenvalue weighted by atomic mass is 127. The van der Waals surface area contributed by atoms with Crippen LogP contribution in [0.3, 0.4) is 0 Å². The Labute approximate surface area is 113 Å². The second-order valence-electron chi connectivity index (χ2n) is 4.34. The van der Waals surface area contributed by atoms with Gasteiger partial charge in [0.05, 0.1) is 5.39 Å². The number of aromatic nitrogens is 3. The molecule has 5 nitrogen and oxygen atoms in total. The highest BCUT2D eigenvalue weighted by Crippen LogP contribution is 2.29. The van der Waals surface area contributed by atoms with Gasteiger partial charge >= 0.3 is 0 Å². The molecule has 0 radical (unpaired) electrons. The van der Waals surface area contributed by atoms with Crippen molar-refractivity contribution in [2.75, 3.05) is 18.8 Å². The molecule has 2 aromatic heterocycles. The third kappa shape index (κ3) is 1.89. The maximum atomic E-state index is 5.92. The van der Waals surface area contributed by atoms with Crippen LogP contribution >= 0.6 is 22.6 Å². The van der Waals surface area contributed by atoms with Crippen molar-refractivity contribution in [1.82, 2.24) is 19.9 Å².